The third-order valence-electron chi connectivity index (χ3n) is 2.97. The van der Waals surface area contributed by atoms with Crippen molar-refractivity contribution in [3.8, 4) is 6.01 Å². The normalized spacial score (nSPS) is 16.2. The summed E-state index contributed by atoms with van der Waals surface area (Å²) < 4.78 is 10.2. The van der Waals surface area contributed by atoms with Crippen LogP contribution in [0.25, 0.3) is 0 Å². The molecular weight excluding hydrogens is 278 g/mol. The highest BCUT2D eigenvalue weighted by Gasteiger charge is 2.23. The summed E-state index contributed by atoms with van der Waals surface area (Å²) in [5.74, 6) is 5.59. The maximum atomic E-state index is 12.3. The van der Waals surface area contributed by atoms with Crippen molar-refractivity contribution in [1.29, 1.82) is 0 Å². The fourth-order valence-electron chi connectivity index (χ4n) is 1.89. The van der Waals surface area contributed by atoms with Gasteiger partial charge in [0.15, 0.2) is 0 Å². The number of hydrogen-bond donors (Lipinski definition) is 3. The van der Waals surface area contributed by atoms with Gasteiger partial charge in [-0.15, -0.1) is 0 Å². The highest BCUT2D eigenvalue weighted by Crippen LogP contribution is 2.11. The monoisotopic (exact) mass is 297 g/mol. The molecule has 0 aromatic carbocycles. The molecule has 10 heteroatoms. The van der Waals surface area contributed by atoms with Gasteiger partial charge in [0, 0.05) is 13.1 Å². The Hall–Kier alpha value is -2.20. The molecule has 1 aromatic heterocycles. The van der Waals surface area contributed by atoms with Crippen LogP contribution in [0.4, 0.5) is 11.9 Å². The molecule has 4 N–H and O–H groups in total. The van der Waals surface area contributed by atoms with E-state index in [0.717, 1.165) is 0 Å². The van der Waals surface area contributed by atoms with Crippen LogP contribution in [0.15, 0.2) is 0 Å². The van der Waals surface area contributed by atoms with Crippen LogP contribution in [0.5, 0.6) is 6.01 Å². The average Bonchev–Trinajstić information content (AvgIpc) is 2.54. The highest BCUT2D eigenvalue weighted by atomic mass is 16.5. The second kappa shape index (κ2) is 6.99. The summed E-state index contributed by atoms with van der Waals surface area (Å²) in [6, 6.07) is -0.382. The Bertz CT molecular complexity index is 470. The standard InChI is InChI=1S/C11H19N7O3/c1-7(8(19)18-3-5-21-6-4-18)13-9-14-10(17-12)16-11(15-9)20-2/h7H,3-6,12H2,1-2H3,(H2,13,14,15,16,17). The van der Waals surface area contributed by atoms with E-state index in [2.05, 4.69) is 25.7 Å². The van der Waals surface area contributed by atoms with Gasteiger partial charge in [0.05, 0.1) is 20.3 Å². The van der Waals surface area contributed by atoms with E-state index < -0.39 is 6.04 Å². The van der Waals surface area contributed by atoms with Crippen molar-refractivity contribution in [2.75, 3.05) is 44.2 Å². The molecule has 0 spiro atoms. The fraction of sp³-hybridized carbons (Fsp3) is 0.636. The predicted molar refractivity (Wildman–Crippen MR) is 74.7 cm³/mol. The first kappa shape index (κ1) is 15.2. The average molecular weight is 297 g/mol. The number of nitrogens with two attached hydrogens (primary N) is 1. The number of hydrazine groups is 1. The molecule has 116 valence electrons. The number of rotatable bonds is 5. The molecule has 0 bridgehead atoms. The summed E-state index contributed by atoms with van der Waals surface area (Å²) in [6.45, 7) is 4.02. The van der Waals surface area contributed by atoms with Crippen LogP contribution in [-0.4, -0.2) is 65.2 Å². The second-order valence-electron chi connectivity index (χ2n) is 4.42. The number of amides is 1. The number of methoxy groups -OCH3 is 1. The largest absolute Gasteiger partial charge is 0.467 e. The summed E-state index contributed by atoms with van der Waals surface area (Å²) >= 11 is 0. The maximum absolute atomic E-state index is 12.3. The van der Waals surface area contributed by atoms with Crippen LogP contribution in [0.3, 0.4) is 0 Å². The van der Waals surface area contributed by atoms with Crippen molar-refractivity contribution in [1.82, 2.24) is 19.9 Å². The van der Waals surface area contributed by atoms with Gasteiger partial charge in [0.2, 0.25) is 17.8 Å². The first-order chi connectivity index (χ1) is 10.1. The van der Waals surface area contributed by atoms with Gasteiger partial charge < -0.3 is 19.7 Å². The van der Waals surface area contributed by atoms with Gasteiger partial charge in [0.1, 0.15) is 6.04 Å². The van der Waals surface area contributed by atoms with Crippen molar-refractivity contribution < 1.29 is 14.3 Å². The van der Waals surface area contributed by atoms with Crippen molar-refractivity contribution in [2.45, 2.75) is 13.0 Å². The zero-order valence-corrected chi connectivity index (χ0v) is 12.0. The summed E-state index contributed by atoms with van der Waals surface area (Å²) in [7, 11) is 1.43. The molecule has 1 aliphatic heterocycles. The lowest BCUT2D eigenvalue weighted by Gasteiger charge is -2.29. The lowest BCUT2D eigenvalue weighted by Crippen LogP contribution is -2.47. The summed E-state index contributed by atoms with van der Waals surface area (Å²) in [5, 5.41) is 2.92. The summed E-state index contributed by atoms with van der Waals surface area (Å²) in [4.78, 5) is 25.9. The minimum atomic E-state index is -0.485. The Morgan fingerprint density at radius 1 is 1.33 bits per heavy atom. The summed E-state index contributed by atoms with van der Waals surface area (Å²) in [5.41, 5.74) is 2.31. The van der Waals surface area contributed by atoms with E-state index in [1.807, 2.05) is 0 Å². The number of hydrogen-bond acceptors (Lipinski definition) is 9. The van der Waals surface area contributed by atoms with Crippen molar-refractivity contribution in [3.63, 3.8) is 0 Å². The van der Waals surface area contributed by atoms with Crippen LogP contribution in [-0.2, 0) is 9.53 Å². The zero-order valence-electron chi connectivity index (χ0n) is 12.0. The maximum Gasteiger partial charge on any atom is 0.322 e. The molecule has 2 heterocycles. The molecule has 2 rings (SSSR count). The van der Waals surface area contributed by atoms with Crippen molar-refractivity contribution in [2.24, 2.45) is 5.84 Å². The highest BCUT2D eigenvalue weighted by molar-refractivity contribution is 5.83. The molecule has 1 saturated heterocycles. The number of nitrogens with one attached hydrogen (secondary N) is 2. The van der Waals surface area contributed by atoms with Crippen LogP contribution < -0.4 is 21.3 Å². The molecule has 1 amide bonds. The van der Waals surface area contributed by atoms with E-state index in [-0.39, 0.29) is 23.8 Å². The van der Waals surface area contributed by atoms with Gasteiger partial charge in [0.25, 0.3) is 0 Å². The molecule has 1 unspecified atom stereocenters. The topological polar surface area (TPSA) is 128 Å². The Labute approximate surface area is 122 Å². The van der Waals surface area contributed by atoms with E-state index >= 15 is 0 Å². The lowest BCUT2D eigenvalue weighted by molar-refractivity contribution is -0.135. The number of nitrogens with zero attached hydrogens (tertiary/aromatic N) is 4. The number of morpholine rings is 1. The Morgan fingerprint density at radius 3 is 2.62 bits per heavy atom. The molecule has 1 aromatic rings. The quantitative estimate of drug-likeness (QED) is 0.454. The van der Waals surface area contributed by atoms with E-state index in [9.17, 15) is 4.79 Å². The van der Waals surface area contributed by atoms with Crippen molar-refractivity contribution in [3.05, 3.63) is 0 Å². The minimum absolute atomic E-state index is 0.0417. The SMILES string of the molecule is COc1nc(NN)nc(NC(C)C(=O)N2CCOCC2)n1. The third kappa shape index (κ3) is 3.89. The number of carbonyl (C=O) groups is 1. The van der Waals surface area contributed by atoms with Gasteiger partial charge in [-0.1, -0.05) is 0 Å². The van der Waals surface area contributed by atoms with Gasteiger partial charge in [-0.25, -0.2) is 5.84 Å². The number of anilines is 2. The predicted octanol–water partition coefficient (Wildman–Crippen LogP) is -1.17. The lowest BCUT2D eigenvalue weighted by atomic mass is 10.2. The van der Waals surface area contributed by atoms with Crippen LogP contribution in [0, 0.1) is 0 Å². The molecule has 1 fully saturated rings. The molecule has 10 nitrogen and oxygen atoms in total. The minimum Gasteiger partial charge on any atom is -0.467 e. The van der Waals surface area contributed by atoms with Crippen LogP contribution in [0.2, 0.25) is 0 Å². The van der Waals surface area contributed by atoms with Gasteiger partial charge in [-0.2, -0.15) is 15.0 Å². The summed E-state index contributed by atoms with van der Waals surface area (Å²) in [6.07, 6.45) is 0. The molecule has 0 aliphatic carbocycles. The number of carbonyl (C=O) groups excluding carboxylic acids is 1. The molecule has 1 atom stereocenters. The first-order valence-corrected chi connectivity index (χ1v) is 6.53. The Balaban J connectivity index is 2.04. The van der Waals surface area contributed by atoms with Crippen molar-refractivity contribution >= 4 is 17.8 Å². The van der Waals surface area contributed by atoms with E-state index in [1.54, 1.807) is 11.8 Å². The van der Waals surface area contributed by atoms with Gasteiger partial charge >= 0.3 is 6.01 Å². The number of nitrogen functional groups attached to an aromatic ring is 1. The second-order valence-corrected chi connectivity index (χ2v) is 4.42. The molecule has 21 heavy (non-hydrogen) atoms. The third-order valence-corrected chi connectivity index (χ3v) is 2.97. The molecular formula is C11H19N7O3. The van der Waals surface area contributed by atoms with Crippen LogP contribution in [0.1, 0.15) is 6.92 Å². The number of aromatic nitrogens is 3. The Morgan fingerprint density at radius 2 is 2.00 bits per heavy atom. The zero-order chi connectivity index (χ0) is 15.2. The molecule has 1 aliphatic rings. The van der Waals surface area contributed by atoms with Crippen LogP contribution >= 0.6 is 0 Å². The first-order valence-electron chi connectivity index (χ1n) is 6.53. The van der Waals surface area contributed by atoms with E-state index in [0.29, 0.717) is 26.3 Å². The van der Waals surface area contributed by atoms with E-state index in [1.165, 1.54) is 7.11 Å². The smallest absolute Gasteiger partial charge is 0.322 e. The van der Waals surface area contributed by atoms with Gasteiger partial charge in [-0.05, 0) is 6.92 Å². The van der Waals surface area contributed by atoms with Gasteiger partial charge in [-0.3, -0.25) is 10.2 Å². The Kier molecular flexibility index (Phi) is 5.06. The molecule has 0 radical (unpaired) electrons. The van der Waals surface area contributed by atoms with E-state index in [4.69, 9.17) is 15.3 Å². The number of ether oxygens (including phenoxy) is 2. The fourth-order valence-corrected chi connectivity index (χ4v) is 1.89. The molecule has 0 saturated carbocycles.